The molecule has 2 bridgehead atoms. The van der Waals surface area contributed by atoms with Gasteiger partial charge in [-0.25, -0.2) is 4.98 Å². The molecule has 16 heavy (non-hydrogen) atoms. The Morgan fingerprint density at radius 1 is 1.31 bits per heavy atom. The van der Waals surface area contributed by atoms with Crippen molar-refractivity contribution in [2.75, 3.05) is 0 Å². The Labute approximate surface area is 96.1 Å². The summed E-state index contributed by atoms with van der Waals surface area (Å²) in [5.74, 6) is 1.87. The fraction of sp³-hybridized carbons (Fsp3) is 0.643. The van der Waals surface area contributed by atoms with E-state index in [1.54, 1.807) is 6.20 Å². The molecule has 2 aliphatic rings. The van der Waals surface area contributed by atoms with Crippen LogP contribution in [0.1, 0.15) is 44.6 Å². The molecule has 0 aromatic carbocycles. The van der Waals surface area contributed by atoms with Crippen molar-refractivity contribution >= 4 is 0 Å². The second-order valence-electron chi connectivity index (χ2n) is 5.96. The fourth-order valence-corrected chi connectivity index (χ4v) is 4.01. The predicted octanol–water partition coefficient (Wildman–Crippen LogP) is 3.76. The lowest BCUT2D eigenvalue weighted by molar-refractivity contribution is 0.253. The minimum absolute atomic E-state index is 0.369. The van der Waals surface area contributed by atoms with Gasteiger partial charge in [-0.05, 0) is 54.1 Å². The van der Waals surface area contributed by atoms with E-state index in [1.807, 2.05) is 6.07 Å². The van der Waals surface area contributed by atoms with Gasteiger partial charge < -0.3 is 0 Å². The first kappa shape index (κ1) is 10.2. The first-order chi connectivity index (χ1) is 7.59. The van der Waals surface area contributed by atoms with Crippen molar-refractivity contribution in [2.24, 2.45) is 17.3 Å². The summed E-state index contributed by atoms with van der Waals surface area (Å²) >= 11 is 0. The summed E-state index contributed by atoms with van der Waals surface area (Å²) in [5.41, 5.74) is 1.71. The van der Waals surface area contributed by atoms with Crippen LogP contribution in [0.4, 0.5) is 4.39 Å². The van der Waals surface area contributed by atoms with Gasteiger partial charge in [0.2, 0.25) is 5.95 Å². The van der Waals surface area contributed by atoms with Crippen LogP contribution in [0, 0.1) is 23.2 Å². The number of nitrogens with zero attached hydrogens (tertiary/aromatic N) is 1. The molecule has 0 spiro atoms. The van der Waals surface area contributed by atoms with Crippen LogP contribution in [0.5, 0.6) is 0 Å². The van der Waals surface area contributed by atoms with Crippen LogP contribution in [0.15, 0.2) is 18.3 Å². The minimum atomic E-state index is -0.369. The van der Waals surface area contributed by atoms with Crippen LogP contribution in [-0.2, 0) is 0 Å². The van der Waals surface area contributed by atoms with Gasteiger partial charge in [0.05, 0.1) is 0 Å². The highest BCUT2D eigenvalue weighted by molar-refractivity contribution is 5.22. The zero-order valence-electron chi connectivity index (χ0n) is 9.91. The van der Waals surface area contributed by atoms with Crippen molar-refractivity contribution in [3.05, 3.63) is 29.8 Å². The van der Waals surface area contributed by atoms with E-state index in [0.29, 0.717) is 11.3 Å². The predicted molar refractivity (Wildman–Crippen MR) is 61.5 cm³/mol. The molecule has 2 saturated carbocycles. The highest BCUT2D eigenvalue weighted by Crippen LogP contribution is 2.63. The molecule has 86 valence electrons. The third-order valence-electron chi connectivity index (χ3n) is 5.04. The lowest BCUT2D eigenvalue weighted by Crippen LogP contribution is -2.18. The van der Waals surface area contributed by atoms with E-state index in [-0.39, 0.29) is 5.95 Å². The van der Waals surface area contributed by atoms with Gasteiger partial charge in [0.1, 0.15) is 0 Å². The molecule has 2 heteroatoms. The maximum Gasteiger partial charge on any atom is 0.212 e. The Bertz CT molecular complexity index is 396. The van der Waals surface area contributed by atoms with Gasteiger partial charge in [0.25, 0.3) is 0 Å². The summed E-state index contributed by atoms with van der Waals surface area (Å²) in [5, 5.41) is 0. The number of hydrogen-bond donors (Lipinski definition) is 0. The molecule has 3 rings (SSSR count). The van der Waals surface area contributed by atoms with E-state index in [9.17, 15) is 4.39 Å². The summed E-state index contributed by atoms with van der Waals surface area (Å²) in [6.07, 6.45) is 5.71. The average Bonchev–Trinajstić information content (AvgIpc) is 2.68. The van der Waals surface area contributed by atoms with Crippen LogP contribution in [0.2, 0.25) is 0 Å². The maximum absolute atomic E-state index is 12.8. The standard InChI is InChI=1S/C14H18FN/c1-14(2)10-4-5-12(14)11(7-10)9-3-6-13(15)16-8-9/h3,6,8,10-12H,4-5,7H2,1-2H3/t10?,11-,12?/m1/s1. The summed E-state index contributed by atoms with van der Waals surface area (Å²) < 4.78 is 12.8. The van der Waals surface area contributed by atoms with Crippen molar-refractivity contribution in [3.8, 4) is 0 Å². The zero-order valence-corrected chi connectivity index (χ0v) is 9.91. The van der Waals surface area contributed by atoms with E-state index in [1.165, 1.54) is 30.9 Å². The average molecular weight is 219 g/mol. The molecule has 2 unspecified atom stereocenters. The van der Waals surface area contributed by atoms with E-state index in [2.05, 4.69) is 18.8 Å². The molecule has 1 nitrogen and oxygen atoms in total. The summed E-state index contributed by atoms with van der Waals surface area (Å²) in [6, 6.07) is 3.41. The second-order valence-corrected chi connectivity index (χ2v) is 5.96. The normalized spacial score (nSPS) is 35.6. The van der Waals surface area contributed by atoms with Gasteiger partial charge in [-0.15, -0.1) is 0 Å². The molecule has 0 radical (unpaired) electrons. The molecule has 1 aromatic heterocycles. The Balaban J connectivity index is 1.91. The van der Waals surface area contributed by atoms with Gasteiger partial charge in [-0.1, -0.05) is 19.9 Å². The Hall–Kier alpha value is -0.920. The third-order valence-corrected chi connectivity index (χ3v) is 5.04. The zero-order chi connectivity index (χ0) is 11.3. The number of pyridine rings is 1. The van der Waals surface area contributed by atoms with Gasteiger partial charge >= 0.3 is 0 Å². The van der Waals surface area contributed by atoms with Crippen LogP contribution in [0.3, 0.4) is 0 Å². The summed E-state index contributed by atoms with van der Waals surface area (Å²) in [4.78, 5) is 3.79. The molecule has 2 aliphatic carbocycles. The lowest BCUT2D eigenvalue weighted by atomic mass is 9.78. The van der Waals surface area contributed by atoms with Crippen LogP contribution in [-0.4, -0.2) is 4.98 Å². The SMILES string of the molecule is CC1(C)C2CCC1[C@@H](c1ccc(F)nc1)C2. The van der Waals surface area contributed by atoms with Crippen molar-refractivity contribution < 1.29 is 4.39 Å². The van der Waals surface area contributed by atoms with Gasteiger partial charge in [-0.3, -0.25) is 0 Å². The van der Waals surface area contributed by atoms with Crippen LogP contribution >= 0.6 is 0 Å². The van der Waals surface area contributed by atoms with Crippen LogP contribution < -0.4 is 0 Å². The van der Waals surface area contributed by atoms with Gasteiger partial charge in [-0.2, -0.15) is 4.39 Å². The topological polar surface area (TPSA) is 12.9 Å². The van der Waals surface area contributed by atoms with E-state index in [0.717, 1.165) is 11.8 Å². The van der Waals surface area contributed by atoms with Gasteiger partial charge in [0.15, 0.2) is 0 Å². The molecule has 1 heterocycles. The minimum Gasteiger partial charge on any atom is -0.228 e. The van der Waals surface area contributed by atoms with E-state index < -0.39 is 0 Å². The molecule has 3 atom stereocenters. The molecule has 0 amide bonds. The number of aromatic nitrogens is 1. The quantitative estimate of drug-likeness (QED) is 0.655. The number of halogens is 1. The van der Waals surface area contributed by atoms with Crippen molar-refractivity contribution in [1.82, 2.24) is 4.98 Å². The number of hydrogen-bond acceptors (Lipinski definition) is 1. The monoisotopic (exact) mass is 219 g/mol. The molecule has 2 fully saturated rings. The fourth-order valence-electron chi connectivity index (χ4n) is 4.01. The molecular weight excluding hydrogens is 201 g/mol. The Kier molecular flexibility index (Phi) is 2.10. The van der Waals surface area contributed by atoms with Crippen molar-refractivity contribution in [1.29, 1.82) is 0 Å². The largest absolute Gasteiger partial charge is 0.228 e. The molecule has 0 saturated heterocycles. The van der Waals surface area contributed by atoms with E-state index >= 15 is 0 Å². The Morgan fingerprint density at radius 2 is 2.12 bits per heavy atom. The molecule has 1 aromatic rings. The number of rotatable bonds is 1. The van der Waals surface area contributed by atoms with Crippen molar-refractivity contribution in [3.63, 3.8) is 0 Å². The summed E-state index contributed by atoms with van der Waals surface area (Å²) in [7, 11) is 0. The maximum atomic E-state index is 12.8. The van der Waals surface area contributed by atoms with Gasteiger partial charge in [0, 0.05) is 6.20 Å². The Morgan fingerprint density at radius 3 is 2.62 bits per heavy atom. The molecule has 0 aliphatic heterocycles. The number of fused-ring (bicyclic) bond motifs is 2. The van der Waals surface area contributed by atoms with E-state index in [4.69, 9.17) is 0 Å². The summed E-state index contributed by atoms with van der Waals surface area (Å²) in [6.45, 7) is 4.79. The first-order valence-electron chi connectivity index (χ1n) is 6.20. The highest BCUT2D eigenvalue weighted by Gasteiger charge is 2.53. The molecule has 0 N–H and O–H groups in total. The second kappa shape index (κ2) is 3.28. The molecular formula is C14H18FN. The smallest absolute Gasteiger partial charge is 0.212 e. The third kappa shape index (κ3) is 1.32. The first-order valence-corrected chi connectivity index (χ1v) is 6.20. The van der Waals surface area contributed by atoms with Crippen LogP contribution in [0.25, 0.3) is 0 Å². The van der Waals surface area contributed by atoms with Crippen molar-refractivity contribution in [2.45, 2.75) is 39.0 Å². The highest BCUT2D eigenvalue weighted by atomic mass is 19.1. The lowest BCUT2D eigenvalue weighted by Gasteiger charge is -2.26.